The van der Waals surface area contributed by atoms with E-state index in [4.69, 9.17) is 9.84 Å². The molecule has 15 heavy (non-hydrogen) atoms. The second kappa shape index (κ2) is 4.96. The van der Waals surface area contributed by atoms with E-state index in [0.29, 0.717) is 14.7 Å². The van der Waals surface area contributed by atoms with Crippen LogP contribution in [0.4, 0.5) is 0 Å². The van der Waals surface area contributed by atoms with Crippen molar-refractivity contribution < 1.29 is 19.7 Å². The van der Waals surface area contributed by atoms with E-state index in [1.807, 2.05) is 0 Å². The van der Waals surface area contributed by atoms with Gasteiger partial charge >= 0.3 is 5.97 Å². The van der Waals surface area contributed by atoms with Gasteiger partial charge in [0.05, 0.1) is 7.11 Å². The van der Waals surface area contributed by atoms with Gasteiger partial charge in [-0.1, -0.05) is 0 Å². The first-order valence-corrected chi connectivity index (χ1v) is 5.49. The Kier molecular flexibility index (Phi) is 4.12. The van der Waals surface area contributed by atoms with Crippen LogP contribution in [0.25, 0.3) is 0 Å². The zero-order valence-electron chi connectivity index (χ0n) is 7.70. The third-order valence-corrected chi connectivity index (χ3v) is 3.84. The van der Waals surface area contributed by atoms with Crippen LogP contribution in [0.2, 0.25) is 0 Å². The van der Waals surface area contributed by atoms with Gasteiger partial charge in [-0.05, 0) is 44.0 Å². The van der Waals surface area contributed by atoms with E-state index >= 15 is 0 Å². The van der Waals surface area contributed by atoms with Crippen molar-refractivity contribution in [2.24, 2.45) is 0 Å². The molecule has 0 radical (unpaired) electrons. The Morgan fingerprint density at radius 2 is 2.07 bits per heavy atom. The smallest absolute Gasteiger partial charge is 0.337 e. The lowest BCUT2D eigenvalue weighted by atomic mass is 10.1. The maximum Gasteiger partial charge on any atom is 0.337 e. The van der Waals surface area contributed by atoms with Crippen molar-refractivity contribution in [3.63, 3.8) is 0 Å². The zero-order valence-corrected chi connectivity index (χ0v) is 10.9. The molecule has 0 amide bonds. The van der Waals surface area contributed by atoms with Crippen molar-refractivity contribution in [3.05, 3.63) is 26.6 Å². The van der Waals surface area contributed by atoms with Gasteiger partial charge in [0.1, 0.15) is 5.75 Å². The van der Waals surface area contributed by atoms with Crippen LogP contribution in [0, 0.1) is 0 Å². The first-order chi connectivity index (χ1) is 6.97. The molecule has 0 fully saturated rings. The van der Waals surface area contributed by atoms with Gasteiger partial charge in [0.15, 0.2) is 6.10 Å². The molecule has 0 spiro atoms. The highest BCUT2D eigenvalue weighted by Gasteiger charge is 2.21. The Balaban J connectivity index is 3.27. The highest BCUT2D eigenvalue weighted by molar-refractivity contribution is 9.13. The first kappa shape index (κ1) is 12.5. The lowest BCUT2D eigenvalue weighted by molar-refractivity contribution is -0.147. The molecule has 0 aromatic heterocycles. The largest absolute Gasteiger partial charge is 0.497 e. The van der Waals surface area contributed by atoms with Crippen LogP contribution in [0.1, 0.15) is 11.7 Å². The maximum atomic E-state index is 10.6. The highest BCUT2D eigenvalue weighted by Crippen LogP contribution is 2.34. The number of hydrogen-bond acceptors (Lipinski definition) is 3. The Morgan fingerprint density at radius 3 is 2.53 bits per heavy atom. The normalized spacial score (nSPS) is 12.3. The number of rotatable bonds is 3. The molecule has 0 saturated carbocycles. The molecule has 0 aliphatic rings. The number of ether oxygens (including phenoxy) is 1. The number of methoxy groups -OCH3 is 1. The summed E-state index contributed by atoms with van der Waals surface area (Å²) in [6, 6.07) is 3.13. The van der Waals surface area contributed by atoms with Crippen LogP contribution in [0.3, 0.4) is 0 Å². The lowest BCUT2D eigenvalue weighted by Crippen LogP contribution is -2.11. The second-order valence-corrected chi connectivity index (χ2v) is 4.40. The Labute approximate surface area is 103 Å². The van der Waals surface area contributed by atoms with Crippen molar-refractivity contribution in [3.8, 4) is 5.75 Å². The van der Waals surface area contributed by atoms with E-state index in [0.717, 1.165) is 0 Å². The minimum absolute atomic E-state index is 0.244. The SMILES string of the molecule is COc1cc(Br)c(Br)c(C(O)C(=O)O)c1. The molecule has 1 unspecified atom stereocenters. The van der Waals surface area contributed by atoms with Crippen LogP contribution < -0.4 is 4.74 Å². The van der Waals surface area contributed by atoms with E-state index in [1.54, 1.807) is 6.07 Å². The van der Waals surface area contributed by atoms with Crippen molar-refractivity contribution >= 4 is 37.8 Å². The summed E-state index contributed by atoms with van der Waals surface area (Å²) >= 11 is 6.41. The van der Waals surface area contributed by atoms with Crippen LogP contribution in [0.5, 0.6) is 5.75 Å². The number of carboxylic acid groups (broad SMARTS) is 1. The predicted octanol–water partition coefficient (Wildman–Crippen LogP) is 2.34. The first-order valence-electron chi connectivity index (χ1n) is 3.91. The quantitative estimate of drug-likeness (QED) is 0.887. The summed E-state index contributed by atoms with van der Waals surface area (Å²) in [5.41, 5.74) is 0.244. The summed E-state index contributed by atoms with van der Waals surface area (Å²) in [4.78, 5) is 10.6. The van der Waals surface area contributed by atoms with E-state index in [2.05, 4.69) is 31.9 Å². The summed E-state index contributed by atoms with van der Waals surface area (Å²) in [6.07, 6.45) is -1.58. The van der Waals surface area contributed by atoms with Gasteiger partial charge in [0.2, 0.25) is 0 Å². The molecule has 0 saturated heterocycles. The number of carbonyl (C=O) groups is 1. The maximum absolute atomic E-state index is 10.6. The van der Waals surface area contributed by atoms with Crippen LogP contribution in [-0.2, 0) is 4.79 Å². The van der Waals surface area contributed by atoms with Crippen molar-refractivity contribution in [1.82, 2.24) is 0 Å². The number of aliphatic carboxylic acids is 1. The van der Waals surface area contributed by atoms with Crippen LogP contribution >= 0.6 is 31.9 Å². The van der Waals surface area contributed by atoms with Gasteiger partial charge in [-0.25, -0.2) is 4.79 Å². The Bertz CT molecular complexity index is 392. The molecule has 2 N–H and O–H groups in total. The highest BCUT2D eigenvalue weighted by atomic mass is 79.9. The van der Waals surface area contributed by atoms with Gasteiger partial charge in [0.25, 0.3) is 0 Å². The molecule has 1 rings (SSSR count). The standard InChI is InChI=1S/C9H8Br2O4/c1-15-4-2-5(8(12)9(13)14)7(11)6(10)3-4/h2-3,8,12H,1H3,(H,13,14). The Hall–Kier alpha value is -0.590. The van der Waals surface area contributed by atoms with Gasteiger partial charge < -0.3 is 14.9 Å². The number of hydrogen-bond donors (Lipinski definition) is 2. The number of carboxylic acids is 1. The fourth-order valence-electron chi connectivity index (χ4n) is 1.03. The molecule has 0 bridgehead atoms. The average Bonchev–Trinajstić information content (AvgIpc) is 2.20. The van der Waals surface area contributed by atoms with Crippen LogP contribution in [0.15, 0.2) is 21.1 Å². The van der Waals surface area contributed by atoms with Crippen molar-refractivity contribution in [1.29, 1.82) is 0 Å². The minimum atomic E-state index is -1.58. The molecule has 0 aliphatic heterocycles. The summed E-state index contributed by atoms with van der Waals surface area (Å²) in [5.74, 6) is -0.837. The van der Waals surface area contributed by atoms with Crippen molar-refractivity contribution in [2.45, 2.75) is 6.10 Å². The zero-order chi connectivity index (χ0) is 11.6. The molecule has 0 heterocycles. The summed E-state index contributed by atoms with van der Waals surface area (Å²) in [7, 11) is 1.46. The Morgan fingerprint density at radius 1 is 1.47 bits per heavy atom. The number of halogens is 2. The molecule has 82 valence electrons. The molecule has 1 aromatic rings. The van der Waals surface area contributed by atoms with Crippen LogP contribution in [-0.4, -0.2) is 23.3 Å². The average molecular weight is 340 g/mol. The van der Waals surface area contributed by atoms with E-state index in [1.165, 1.54) is 13.2 Å². The van der Waals surface area contributed by atoms with Gasteiger partial charge in [-0.15, -0.1) is 0 Å². The van der Waals surface area contributed by atoms with E-state index in [9.17, 15) is 9.90 Å². The van der Waals surface area contributed by atoms with E-state index < -0.39 is 12.1 Å². The van der Waals surface area contributed by atoms with Crippen molar-refractivity contribution in [2.75, 3.05) is 7.11 Å². The monoisotopic (exact) mass is 338 g/mol. The number of benzene rings is 1. The minimum Gasteiger partial charge on any atom is -0.497 e. The molecule has 1 atom stereocenters. The molecule has 6 heteroatoms. The summed E-state index contributed by atoms with van der Waals surface area (Å²) in [6.45, 7) is 0. The third kappa shape index (κ3) is 2.70. The molecular weight excluding hydrogens is 332 g/mol. The molecule has 0 aliphatic carbocycles. The number of aliphatic hydroxyl groups excluding tert-OH is 1. The molecular formula is C9H8Br2O4. The molecule has 1 aromatic carbocycles. The van der Waals surface area contributed by atoms with E-state index in [-0.39, 0.29) is 5.56 Å². The lowest BCUT2D eigenvalue weighted by Gasteiger charge is -2.11. The second-order valence-electron chi connectivity index (χ2n) is 2.75. The van der Waals surface area contributed by atoms with Gasteiger partial charge in [-0.2, -0.15) is 0 Å². The summed E-state index contributed by atoms with van der Waals surface area (Å²) in [5, 5.41) is 18.1. The third-order valence-electron chi connectivity index (χ3n) is 1.79. The fraction of sp³-hybridized carbons (Fsp3) is 0.222. The van der Waals surface area contributed by atoms with Gasteiger partial charge in [-0.3, -0.25) is 0 Å². The number of aliphatic hydroxyl groups is 1. The molecule has 4 nitrogen and oxygen atoms in total. The summed E-state index contributed by atoms with van der Waals surface area (Å²) < 4.78 is 6.09. The predicted molar refractivity (Wildman–Crippen MR) is 61.0 cm³/mol. The fourth-order valence-corrected chi connectivity index (χ4v) is 1.93. The topological polar surface area (TPSA) is 66.8 Å². The van der Waals surface area contributed by atoms with Gasteiger partial charge in [0, 0.05) is 14.5 Å².